The molecule has 7 heteroatoms. The van der Waals surface area contributed by atoms with E-state index in [1.807, 2.05) is 6.07 Å². The van der Waals surface area contributed by atoms with E-state index in [2.05, 4.69) is 10.3 Å². The van der Waals surface area contributed by atoms with Crippen LogP contribution in [0.2, 0.25) is 0 Å². The van der Waals surface area contributed by atoms with Gasteiger partial charge in [-0.05, 0) is 25.1 Å². The molecule has 0 saturated heterocycles. The predicted molar refractivity (Wildman–Crippen MR) is 85.4 cm³/mol. The second-order valence-corrected chi connectivity index (χ2v) is 5.85. The summed E-state index contributed by atoms with van der Waals surface area (Å²) in [4.78, 5) is 27.5. The molecule has 0 spiro atoms. The second kappa shape index (κ2) is 5.53. The van der Waals surface area contributed by atoms with Gasteiger partial charge in [-0.15, -0.1) is 11.3 Å². The number of nitro groups is 1. The maximum atomic E-state index is 12.5. The first kappa shape index (κ1) is 14.2. The number of carbonyl (C=O) groups is 1. The van der Waals surface area contributed by atoms with Gasteiger partial charge >= 0.3 is 0 Å². The summed E-state index contributed by atoms with van der Waals surface area (Å²) < 4.78 is 0.751. The van der Waals surface area contributed by atoms with Gasteiger partial charge in [-0.1, -0.05) is 18.2 Å². The Morgan fingerprint density at radius 3 is 2.64 bits per heavy atom. The SMILES string of the molecule is Cc1nc2c(C(=O)Nc3ccccc3)c([N+](=O)[O-])ccc2s1. The molecule has 1 N–H and O–H groups in total. The van der Waals surface area contributed by atoms with Crippen molar-refractivity contribution < 1.29 is 9.72 Å². The molecule has 1 heterocycles. The molecule has 0 aliphatic heterocycles. The predicted octanol–water partition coefficient (Wildman–Crippen LogP) is 3.77. The van der Waals surface area contributed by atoms with Crippen molar-refractivity contribution in [3.63, 3.8) is 0 Å². The third-order valence-corrected chi connectivity index (χ3v) is 4.04. The normalized spacial score (nSPS) is 10.6. The highest BCUT2D eigenvalue weighted by Gasteiger charge is 2.25. The van der Waals surface area contributed by atoms with Crippen LogP contribution in [0.25, 0.3) is 10.2 Å². The summed E-state index contributed by atoms with van der Waals surface area (Å²) in [7, 11) is 0. The lowest BCUT2D eigenvalue weighted by Crippen LogP contribution is -2.14. The number of nitro benzene ring substituents is 1. The first-order valence-electron chi connectivity index (χ1n) is 6.47. The third kappa shape index (κ3) is 2.53. The minimum Gasteiger partial charge on any atom is -0.322 e. The van der Waals surface area contributed by atoms with Crippen LogP contribution in [0.4, 0.5) is 11.4 Å². The van der Waals surface area contributed by atoms with E-state index in [-0.39, 0.29) is 11.3 Å². The maximum Gasteiger partial charge on any atom is 0.284 e. The Kier molecular flexibility index (Phi) is 3.56. The molecule has 0 saturated carbocycles. The number of aryl methyl sites for hydroxylation is 1. The Bertz CT molecular complexity index is 874. The van der Waals surface area contributed by atoms with Gasteiger partial charge in [-0.2, -0.15) is 0 Å². The van der Waals surface area contributed by atoms with E-state index in [0.717, 1.165) is 9.71 Å². The Morgan fingerprint density at radius 1 is 1.23 bits per heavy atom. The average Bonchev–Trinajstić information content (AvgIpc) is 2.87. The highest BCUT2D eigenvalue weighted by molar-refractivity contribution is 7.18. The van der Waals surface area contributed by atoms with Crippen LogP contribution in [0.15, 0.2) is 42.5 Å². The van der Waals surface area contributed by atoms with Crippen molar-refractivity contribution in [1.29, 1.82) is 0 Å². The summed E-state index contributed by atoms with van der Waals surface area (Å²) in [5.41, 5.74) is 0.692. The Hall–Kier alpha value is -2.80. The second-order valence-electron chi connectivity index (χ2n) is 4.62. The van der Waals surface area contributed by atoms with Gasteiger partial charge < -0.3 is 5.32 Å². The zero-order chi connectivity index (χ0) is 15.7. The molecule has 0 aliphatic rings. The van der Waals surface area contributed by atoms with E-state index < -0.39 is 10.8 Å². The molecule has 110 valence electrons. The summed E-state index contributed by atoms with van der Waals surface area (Å²) >= 11 is 1.40. The van der Waals surface area contributed by atoms with Gasteiger partial charge in [0.2, 0.25) is 0 Å². The lowest BCUT2D eigenvalue weighted by Gasteiger charge is -2.06. The fourth-order valence-electron chi connectivity index (χ4n) is 2.19. The largest absolute Gasteiger partial charge is 0.322 e. The number of anilines is 1. The van der Waals surface area contributed by atoms with E-state index in [4.69, 9.17) is 0 Å². The number of hydrogen-bond donors (Lipinski definition) is 1. The molecule has 0 unspecified atom stereocenters. The molecule has 2 aromatic carbocycles. The molecular weight excluding hydrogens is 302 g/mol. The summed E-state index contributed by atoms with van der Waals surface area (Å²) in [6.07, 6.45) is 0. The van der Waals surface area contributed by atoms with Crippen LogP contribution in [0.3, 0.4) is 0 Å². The molecule has 0 radical (unpaired) electrons. The van der Waals surface area contributed by atoms with E-state index in [9.17, 15) is 14.9 Å². The molecule has 3 rings (SSSR count). The minimum absolute atomic E-state index is 0.00398. The number of thiazole rings is 1. The molecule has 22 heavy (non-hydrogen) atoms. The number of benzene rings is 2. The van der Waals surface area contributed by atoms with Crippen LogP contribution < -0.4 is 5.32 Å². The fraction of sp³-hybridized carbons (Fsp3) is 0.0667. The summed E-state index contributed by atoms with van der Waals surface area (Å²) in [5, 5.41) is 14.7. The number of hydrogen-bond acceptors (Lipinski definition) is 5. The standard InChI is InChI=1S/C15H11N3O3S/c1-9-16-14-12(22-9)8-7-11(18(20)21)13(14)15(19)17-10-5-3-2-4-6-10/h2-8H,1H3,(H,17,19). The number of rotatable bonds is 3. The highest BCUT2D eigenvalue weighted by Crippen LogP contribution is 2.31. The molecule has 0 aliphatic carbocycles. The van der Waals surface area contributed by atoms with Crippen molar-refractivity contribution in [2.45, 2.75) is 6.92 Å². The van der Waals surface area contributed by atoms with Gasteiger partial charge in [-0.25, -0.2) is 4.98 Å². The molecule has 3 aromatic rings. The summed E-state index contributed by atoms with van der Waals surface area (Å²) in [6, 6.07) is 11.8. The Labute approximate surface area is 129 Å². The van der Waals surface area contributed by atoms with E-state index >= 15 is 0 Å². The average molecular weight is 313 g/mol. The number of nitrogens with one attached hydrogen (secondary N) is 1. The van der Waals surface area contributed by atoms with Gasteiger partial charge in [0.25, 0.3) is 11.6 Å². The van der Waals surface area contributed by atoms with Crippen LogP contribution in [0.5, 0.6) is 0 Å². The van der Waals surface area contributed by atoms with E-state index in [1.54, 1.807) is 37.3 Å². The monoisotopic (exact) mass is 313 g/mol. The topological polar surface area (TPSA) is 85.1 Å². The summed E-state index contributed by atoms with van der Waals surface area (Å²) in [6.45, 7) is 1.80. The molecule has 0 fully saturated rings. The van der Waals surface area contributed by atoms with Crippen LogP contribution in [0.1, 0.15) is 15.4 Å². The number of fused-ring (bicyclic) bond motifs is 1. The van der Waals surface area contributed by atoms with Crippen molar-refractivity contribution in [3.8, 4) is 0 Å². The maximum absolute atomic E-state index is 12.5. The molecule has 0 bridgehead atoms. The lowest BCUT2D eigenvalue weighted by atomic mass is 10.1. The van der Waals surface area contributed by atoms with E-state index in [0.29, 0.717) is 11.2 Å². The van der Waals surface area contributed by atoms with Crippen molar-refractivity contribution in [3.05, 3.63) is 63.1 Å². The molecule has 1 amide bonds. The van der Waals surface area contributed by atoms with Gasteiger partial charge in [-0.3, -0.25) is 14.9 Å². The fourth-order valence-corrected chi connectivity index (χ4v) is 3.02. The third-order valence-electron chi connectivity index (χ3n) is 3.10. The first-order chi connectivity index (χ1) is 10.6. The number of aromatic nitrogens is 1. The molecule has 6 nitrogen and oxygen atoms in total. The Balaban J connectivity index is 2.12. The summed E-state index contributed by atoms with van der Waals surface area (Å²) in [5.74, 6) is -0.534. The smallest absolute Gasteiger partial charge is 0.284 e. The molecule has 1 aromatic heterocycles. The van der Waals surface area contributed by atoms with Crippen molar-refractivity contribution in [1.82, 2.24) is 4.98 Å². The molecular formula is C15H11N3O3S. The number of para-hydroxylation sites is 1. The number of carbonyl (C=O) groups excluding carboxylic acids is 1. The van der Waals surface area contributed by atoms with Crippen molar-refractivity contribution in [2.24, 2.45) is 0 Å². The van der Waals surface area contributed by atoms with Crippen LogP contribution in [-0.2, 0) is 0 Å². The minimum atomic E-state index is -0.561. The Morgan fingerprint density at radius 2 is 1.95 bits per heavy atom. The van der Waals surface area contributed by atoms with Crippen molar-refractivity contribution >= 4 is 38.8 Å². The van der Waals surface area contributed by atoms with Gasteiger partial charge in [0.05, 0.1) is 14.6 Å². The molecule has 0 atom stereocenters. The quantitative estimate of drug-likeness (QED) is 0.589. The van der Waals surface area contributed by atoms with Gasteiger partial charge in [0.1, 0.15) is 11.1 Å². The first-order valence-corrected chi connectivity index (χ1v) is 7.29. The highest BCUT2D eigenvalue weighted by atomic mass is 32.1. The number of nitrogens with zero attached hydrogens (tertiary/aromatic N) is 2. The number of amides is 1. The lowest BCUT2D eigenvalue weighted by molar-refractivity contribution is -0.385. The van der Waals surface area contributed by atoms with Gasteiger partial charge in [0.15, 0.2) is 0 Å². The van der Waals surface area contributed by atoms with Crippen molar-refractivity contribution in [2.75, 3.05) is 5.32 Å². The van der Waals surface area contributed by atoms with Gasteiger partial charge in [0, 0.05) is 11.8 Å². The van der Waals surface area contributed by atoms with Crippen LogP contribution in [-0.4, -0.2) is 15.8 Å². The van der Waals surface area contributed by atoms with Crippen LogP contribution in [0, 0.1) is 17.0 Å². The van der Waals surface area contributed by atoms with E-state index in [1.165, 1.54) is 17.4 Å². The van der Waals surface area contributed by atoms with Crippen LogP contribution >= 0.6 is 11.3 Å². The zero-order valence-corrected chi connectivity index (χ0v) is 12.4. The zero-order valence-electron chi connectivity index (χ0n) is 11.6.